The lowest BCUT2D eigenvalue weighted by Crippen LogP contribution is -2.44. The van der Waals surface area contributed by atoms with Gasteiger partial charge in [0.05, 0.1) is 13.1 Å². The van der Waals surface area contributed by atoms with Gasteiger partial charge in [0.25, 0.3) is 0 Å². The molecule has 102 valence electrons. The molecule has 0 saturated heterocycles. The van der Waals surface area contributed by atoms with Crippen LogP contribution in [0.25, 0.3) is 0 Å². The average molecular weight is 270 g/mol. The second-order valence-corrected chi connectivity index (χ2v) is 3.06. The Morgan fingerprint density at radius 3 is 2.00 bits per heavy atom. The highest BCUT2D eigenvalue weighted by Gasteiger charge is 2.40. The zero-order valence-corrected chi connectivity index (χ0v) is 8.25. The van der Waals surface area contributed by atoms with Gasteiger partial charge < -0.3 is 10.6 Å². The largest absolute Gasteiger partial charge is 0.405 e. The van der Waals surface area contributed by atoms with Crippen LogP contribution < -0.4 is 10.6 Å². The van der Waals surface area contributed by atoms with Crippen LogP contribution >= 0.6 is 0 Å². The van der Waals surface area contributed by atoms with Crippen LogP contribution in [-0.4, -0.2) is 44.1 Å². The quantitative estimate of drug-likeness (QED) is 0.711. The second-order valence-electron chi connectivity index (χ2n) is 3.06. The highest BCUT2D eigenvalue weighted by atomic mass is 19.4. The predicted molar refractivity (Wildman–Crippen MR) is 42.9 cm³/mol. The van der Waals surface area contributed by atoms with Crippen molar-refractivity contribution < 1.29 is 35.5 Å². The first-order valence-corrected chi connectivity index (χ1v) is 4.25. The van der Waals surface area contributed by atoms with Crippen molar-refractivity contribution in [3.8, 4) is 0 Å². The van der Waals surface area contributed by atoms with Gasteiger partial charge in [0.15, 0.2) is 0 Å². The molecule has 17 heavy (non-hydrogen) atoms. The van der Waals surface area contributed by atoms with Crippen LogP contribution in [0.3, 0.4) is 0 Å². The van der Waals surface area contributed by atoms with E-state index in [2.05, 4.69) is 0 Å². The summed E-state index contributed by atoms with van der Waals surface area (Å²) >= 11 is 0. The Balaban J connectivity index is 3.80. The number of halogens is 7. The van der Waals surface area contributed by atoms with E-state index in [9.17, 15) is 35.5 Å². The van der Waals surface area contributed by atoms with E-state index in [1.165, 1.54) is 5.32 Å². The first-order valence-electron chi connectivity index (χ1n) is 4.25. The van der Waals surface area contributed by atoms with Crippen molar-refractivity contribution in [1.29, 1.82) is 0 Å². The molecule has 10 heteroatoms. The number of alkyl halides is 7. The number of amides is 1. The van der Waals surface area contributed by atoms with Gasteiger partial charge in [-0.2, -0.15) is 22.0 Å². The molecule has 0 aromatic heterocycles. The summed E-state index contributed by atoms with van der Waals surface area (Å²) in [5.41, 5.74) is 0. The van der Waals surface area contributed by atoms with Crippen LogP contribution in [0.15, 0.2) is 0 Å². The fourth-order valence-electron chi connectivity index (χ4n) is 0.681. The number of hydrogen-bond acceptors (Lipinski definition) is 2. The van der Waals surface area contributed by atoms with Crippen molar-refractivity contribution in [2.45, 2.75) is 18.5 Å². The number of rotatable bonds is 6. The van der Waals surface area contributed by atoms with Crippen molar-refractivity contribution in [2.24, 2.45) is 0 Å². The molecule has 0 saturated carbocycles. The van der Waals surface area contributed by atoms with Gasteiger partial charge in [0, 0.05) is 0 Å². The number of nitrogens with one attached hydrogen (secondary N) is 2. The van der Waals surface area contributed by atoms with Gasteiger partial charge in [-0.25, -0.2) is 8.78 Å². The lowest BCUT2D eigenvalue weighted by atomic mass is 10.3. The van der Waals surface area contributed by atoms with Gasteiger partial charge in [-0.1, -0.05) is 0 Å². The fraction of sp³-hybridized carbons (Fsp3) is 0.857. The molecular formula is C7H9F7N2O. The minimum Gasteiger partial charge on any atom is -0.346 e. The molecule has 0 unspecified atom stereocenters. The highest BCUT2D eigenvalue weighted by Crippen LogP contribution is 2.21. The fourth-order valence-corrected chi connectivity index (χ4v) is 0.681. The molecule has 0 atom stereocenters. The minimum atomic E-state index is -4.62. The standard InChI is InChI=1S/C7H9F7N2O/c8-5(9)6(10,11)2-15-1-4(17)16-3-7(12,13)14/h5,15H,1-3H2,(H,16,17). The maximum Gasteiger partial charge on any atom is 0.405 e. The Morgan fingerprint density at radius 2 is 1.59 bits per heavy atom. The highest BCUT2D eigenvalue weighted by molar-refractivity contribution is 5.78. The Bertz CT molecular complexity index is 253. The third-order valence-electron chi connectivity index (χ3n) is 1.45. The average Bonchev–Trinajstić information content (AvgIpc) is 2.13. The van der Waals surface area contributed by atoms with Crippen LogP contribution in [-0.2, 0) is 4.79 Å². The van der Waals surface area contributed by atoms with E-state index in [1.807, 2.05) is 0 Å². The maximum atomic E-state index is 12.2. The topological polar surface area (TPSA) is 41.1 Å². The van der Waals surface area contributed by atoms with Crippen LogP contribution in [0.1, 0.15) is 0 Å². The Labute approximate surface area is 91.3 Å². The molecule has 0 fully saturated rings. The Kier molecular flexibility index (Phi) is 5.66. The molecule has 0 aromatic carbocycles. The van der Waals surface area contributed by atoms with Crippen molar-refractivity contribution in [3.05, 3.63) is 0 Å². The van der Waals surface area contributed by atoms with E-state index in [4.69, 9.17) is 0 Å². The van der Waals surface area contributed by atoms with Gasteiger partial charge in [-0.05, 0) is 0 Å². The van der Waals surface area contributed by atoms with Gasteiger partial charge in [0.2, 0.25) is 5.91 Å². The summed E-state index contributed by atoms with van der Waals surface area (Å²) < 4.78 is 82.4. The van der Waals surface area contributed by atoms with Gasteiger partial charge >= 0.3 is 18.5 Å². The van der Waals surface area contributed by atoms with Crippen molar-refractivity contribution >= 4 is 5.91 Å². The molecule has 0 radical (unpaired) electrons. The first kappa shape index (κ1) is 15.9. The van der Waals surface area contributed by atoms with Crippen molar-refractivity contribution in [3.63, 3.8) is 0 Å². The van der Waals surface area contributed by atoms with Gasteiger partial charge in [0.1, 0.15) is 6.54 Å². The van der Waals surface area contributed by atoms with E-state index in [1.54, 1.807) is 5.32 Å². The molecule has 0 aliphatic rings. The summed E-state index contributed by atoms with van der Waals surface area (Å²) in [7, 11) is 0. The number of carbonyl (C=O) groups is 1. The Hall–Kier alpha value is -1.06. The van der Waals surface area contributed by atoms with Gasteiger partial charge in [-0.3, -0.25) is 4.79 Å². The summed E-state index contributed by atoms with van der Waals surface area (Å²) in [4.78, 5) is 10.6. The molecule has 2 N–H and O–H groups in total. The van der Waals surface area contributed by atoms with Crippen LogP contribution in [0.4, 0.5) is 30.7 Å². The molecule has 1 amide bonds. The molecule has 0 rings (SSSR count). The summed E-state index contributed by atoms with van der Waals surface area (Å²) in [5.74, 6) is -5.54. The molecule has 0 spiro atoms. The van der Waals surface area contributed by atoms with Crippen molar-refractivity contribution in [1.82, 2.24) is 10.6 Å². The normalized spacial score (nSPS) is 12.9. The third-order valence-corrected chi connectivity index (χ3v) is 1.45. The molecule has 3 nitrogen and oxygen atoms in total. The first-order chi connectivity index (χ1) is 7.54. The number of hydrogen-bond donors (Lipinski definition) is 2. The summed E-state index contributed by atoms with van der Waals surface area (Å²) in [6, 6.07) is 0. The zero-order valence-electron chi connectivity index (χ0n) is 8.25. The van der Waals surface area contributed by atoms with E-state index >= 15 is 0 Å². The molecule has 0 heterocycles. The predicted octanol–water partition coefficient (Wildman–Crippen LogP) is 1.15. The van der Waals surface area contributed by atoms with E-state index in [-0.39, 0.29) is 0 Å². The molecule has 0 bridgehead atoms. The monoisotopic (exact) mass is 270 g/mol. The van der Waals surface area contributed by atoms with Crippen molar-refractivity contribution in [2.75, 3.05) is 19.6 Å². The summed E-state index contributed by atoms with van der Waals surface area (Å²) in [6.07, 6.45) is -8.53. The zero-order chi connectivity index (χ0) is 13.7. The van der Waals surface area contributed by atoms with Crippen LogP contribution in [0.5, 0.6) is 0 Å². The second kappa shape index (κ2) is 6.03. The van der Waals surface area contributed by atoms with E-state index in [0.29, 0.717) is 0 Å². The number of carbonyl (C=O) groups excluding carboxylic acids is 1. The van der Waals surface area contributed by atoms with Gasteiger partial charge in [-0.15, -0.1) is 0 Å². The lowest BCUT2D eigenvalue weighted by Gasteiger charge is -2.15. The minimum absolute atomic E-state index is 0.904. The third kappa shape index (κ3) is 7.77. The summed E-state index contributed by atoms with van der Waals surface area (Å²) in [5, 5.41) is 3.01. The SMILES string of the molecule is O=C(CNCC(F)(F)C(F)F)NCC(F)(F)F. The smallest absolute Gasteiger partial charge is 0.346 e. The maximum absolute atomic E-state index is 12.2. The Morgan fingerprint density at radius 1 is 1.06 bits per heavy atom. The molecule has 0 aliphatic carbocycles. The molecule has 0 aromatic rings. The lowest BCUT2D eigenvalue weighted by molar-refractivity contribution is -0.139. The van der Waals surface area contributed by atoms with Crippen LogP contribution in [0, 0.1) is 0 Å². The van der Waals surface area contributed by atoms with E-state index < -0.39 is 44.1 Å². The van der Waals surface area contributed by atoms with Crippen LogP contribution in [0.2, 0.25) is 0 Å². The summed E-state index contributed by atoms with van der Waals surface area (Å²) in [6.45, 7) is -4.01. The molecule has 0 aliphatic heterocycles. The molecular weight excluding hydrogens is 261 g/mol. The van der Waals surface area contributed by atoms with E-state index in [0.717, 1.165) is 0 Å².